The zero-order chi connectivity index (χ0) is 24.6. The van der Waals surface area contributed by atoms with Crippen molar-refractivity contribution in [3.8, 4) is 17.2 Å². The van der Waals surface area contributed by atoms with Gasteiger partial charge in [0.1, 0.15) is 0 Å². The number of hydrogen-bond acceptors (Lipinski definition) is 5. The third-order valence-corrected chi connectivity index (χ3v) is 7.84. The van der Waals surface area contributed by atoms with E-state index in [1.54, 1.807) is 27.5 Å². The predicted octanol–water partition coefficient (Wildman–Crippen LogP) is 5.67. The van der Waals surface area contributed by atoms with E-state index in [9.17, 15) is 0 Å². The van der Waals surface area contributed by atoms with Gasteiger partial charge < -0.3 is 14.2 Å². The highest BCUT2D eigenvalue weighted by atomic mass is 31.1. The minimum atomic E-state index is -0.609. The van der Waals surface area contributed by atoms with E-state index in [-0.39, 0.29) is 5.41 Å². The fourth-order valence-electron chi connectivity index (χ4n) is 3.46. The van der Waals surface area contributed by atoms with Crippen LogP contribution in [0.15, 0.2) is 83.0 Å². The molecule has 5 nitrogen and oxygen atoms in total. The average Bonchev–Trinajstić information content (AvgIpc) is 2.85. The summed E-state index contributed by atoms with van der Waals surface area (Å²) in [5.41, 5.74) is 1.74. The van der Waals surface area contributed by atoms with Crippen molar-refractivity contribution < 1.29 is 14.2 Å². The Morgan fingerprint density at radius 1 is 0.794 bits per heavy atom. The van der Waals surface area contributed by atoms with Gasteiger partial charge >= 0.3 is 0 Å². The van der Waals surface area contributed by atoms with Gasteiger partial charge in [-0.3, -0.25) is 0 Å². The van der Waals surface area contributed by atoms with Gasteiger partial charge in [0.05, 0.1) is 33.3 Å². The molecule has 0 heterocycles. The second kappa shape index (κ2) is 11.8. The van der Waals surface area contributed by atoms with Gasteiger partial charge in [-0.05, 0) is 30.7 Å². The molecule has 0 saturated heterocycles. The molecule has 6 heteroatoms. The molecule has 0 bridgehead atoms. The van der Waals surface area contributed by atoms with Gasteiger partial charge in [-0.15, -0.1) is 0 Å². The van der Waals surface area contributed by atoms with Crippen LogP contribution in [0.4, 0.5) is 0 Å². The van der Waals surface area contributed by atoms with Crippen molar-refractivity contribution in [2.75, 3.05) is 27.5 Å². The largest absolute Gasteiger partial charge is 0.493 e. The lowest BCUT2D eigenvalue weighted by molar-refractivity contribution is 0.324. The van der Waals surface area contributed by atoms with Gasteiger partial charge in [0.2, 0.25) is 5.75 Å². The van der Waals surface area contributed by atoms with Crippen molar-refractivity contribution >= 4 is 30.5 Å². The standard InChI is InChI=1S/C28H33N2O3P/c1-28(2,3)26(20-34(22-13-9-7-10-14-22)23-15-11-8-12-16-23)30-29-19-21-17-24(31-4)27(33-6)25(18-21)32-5/h7-19H,20H2,1-6H3/b29-19+,30-26+. The Morgan fingerprint density at radius 2 is 1.29 bits per heavy atom. The first-order valence-electron chi connectivity index (χ1n) is 11.2. The van der Waals surface area contributed by atoms with Gasteiger partial charge in [-0.2, -0.15) is 10.2 Å². The van der Waals surface area contributed by atoms with Crippen LogP contribution < -0.4 is 24.8 Å². The quantitative estimate of drug-likeness (QED) is 0.227. The first kappa shape index (κ1) is 25.5. The molecule has 3 rings (SSSR count). The van der Waals surface area contributed by atoms with E-state index in [0.29, 0.717) is 17.2 Å². The van der Waals surface area contributed by atoms with Gasteiger partial charge in [-0.25, -0.2) is 0 Å². The lowest BCUT2D eigenvalue weighted by atomic mass is 9.91. The van der Waals surface area contributed by atoms with Gasteiger partial charge in [0, 0.05) is 17.1 Å². The third-order valence-electron chi connectivity index (χ3n) is 5.38. The Labute approximate surface area is 204 Å². The summed E-state index contributed by atoms with van der Waals surface area (Å²) in [6, 6.07) is 25.1. The molecule has 3 aromatic carbocycles. The topological polar surface area (TPSA) is 52.4 Å². The first-order chi connectivity index (χ1) is 16.4. The zero-order valence-corrected chi connectivity index (χ0v) is 21.7. The SMILES string of the molecule is COc1cc(/C=N/N=C(\CP(c2ccccc2)c2ccccc2)C(C)(C)C)cc(OC)c1OC. The lowest BCUT2D eigenvalue weighted by Crippen LogP contribution is -2.27. The van der Waals surface area contributed by atoms with Crippen molar-refractivity contribution in [2.24, 2.45) is 15.6 Å². The van der Waals surface area contributed by atoms with Crippen LogP contribution >= 0.6 is 7.92 Å². The zero-order valence-electron chi connectivity index (χ0n) is 20.8. The molecular formula is C28H33N2O3P. The second-order valence-electron chi connectivity index (χ2n) is 8.76. The molecule has 0 spiro atoms. The van der Waals surface area contributed by atoms with Gasteiger partial charge in [0.15, 0.2) is 11.5 Å². The van der Waals surface area contributed by atoms with Crippen LogP contribution in [0.3, 0.4) is 0 Å². The molecule has 3 aromatic rings. The maximum Gasteiger partial charge on any atom is 0.203 e. The molecule has 178 valence electrons. The predicted molar refractivity (Wildman–Crippen MR) is 145 cm³/mol. The Bertz CT molecular complexity index is 1060. The molecule has 0 amide bonds. The lowest BCUT2D eigenvalue weighted by Gasteiger charge is -2.26. The number of methoxy groups -OCH3 is 3. The highest BCUT2D eigenvalue weighted by molar-refractivity contribution is 7.73. The van der Waals surface area contributed by atoms with E-state index < -0.39 is 7.92 Å². The summed E-state index contributed by atoms with van der Waals surface area (Å²) < 4.78 is 16.3. The molecule has 0 atom stereocenters. The number of hydrogen-bond donors (Lipinski definition) is 0. The van der Waals surface area contributed by atoms with Crippen LogP contribution in [-0.2, 0) is 0 Å². The van der Waals surface area contributed by atoms with E-state index in [2.05, 4.69) is 86.5 Å². The molecule has 0 aromatic heterocycles. The summed E-state index contributed by atoms with van der Waals surface area (Å²) in [7, 11) is 4.18. The maximum absolute atomic E-state index is 5.45. The number of ether oxygens (including phenoxy) is 3. The second-order valence-corrected chi connectivity index (χ2v) is 11.0. The van der Waals surface area contributed by atoms with Crippen molar-refractivity contribution in [3.63, 3.8) is 0 Å². The van der Waals surface area contributed by atoms with Crippen LogP contribution in [0.5, 0.6) is 17.2 Å². The van der Waals surface area contributed by atoms with Crippen LogP contribution in [0, 0.1) is 5.41 Å². The molecule has 0 aliphatic carbocycles. The maximum atomic E-state index is 5.45. The van der Waals surface area contributed by atoms with Crippen molar-refractivity contribution in [3.05, 3.63) is 78.4 Å². The minimum absolute atomic E-state index is 0.128. The van der Waals surface area contributed by atoms with Gasteiger partial charge in [0.25, 0.3) is 0 Å². The van der Waals surface area contributed by atoms with Gasteiger partial charge in [-0.1, -0.05) is 81.4 Å². The van der Waals surface area contributed by atoms with E-state index in [1.165, 1.54) is 10.6 Å². The molecule has 34 heavy (non-hydrogen) atoms. The van der Waals surface area contributed by atoms with Crippen molar-refractivity contribution in [1.29, 1.82) is 0 Å². The molecule has 0 aliphatic heterocycles. The molecular weight excluding hydrogens is 443 g/mol. The van der Waals surface area contributed by atoms with E-state index >= 15 is 0 Å². The molecule has 0 fully saturated rings. The van der Waals surface area contributed by atoms with Crippen LogP contribution in [-0.4, -0.2) is 39.4 Å². The first-order valence-corrected chi connectivity index (χ1v) is 12.7. The summed E-state index contributed by atoms with van der Waals surface area (Å²) in [4.78, 5) is 0. The summed E-state index contributed by atoms with van der Waals surface area (Å²) in [5.74, 6) is 1.72. The summed E-state index contributed by atoms with van der Waals surface area (Å²) >= 11 is 0. The number of rotatable bonds is 9. The fourth-order valence-corrected chi connectivity index (χ4v) is 6.02. The highest BCUT2D eigenvalue weighted by Crippen LogP contribution is 2.38. The number of benzene rings is 3. The van der Waals surface area contributed by atoms with Crippen LogP contribution in [0.25, 0.3) is 0 Å². The van der Waals surface area contributed by atoms with Crippen molar-refractivity contribution in [1.82, 2.24) is 0 Å². The molecule has 0 N–H and O–H groups in total. The Kier molecular flexibility index (Phi) is 8.84. The Balaban J connectivity index is 1.96. The van der Waals surface area contributed by atoms with Crippen LogP contribution in [0.2, 0.25) is 0 Å². The van der Waals surface area contributed by atoms with Crippen molar-refractivity contribution in [2.45, 2.75) is 20.8 Å². The Hall–Kier alpha value is -3.17. The smallest absolute Gasteiger partial charge is 0.203 e. The summed E-state index contributed by atoms with van der Waals surface area (Å²) in [6.07, 6.45) is 2.56. The molecule has 0 saturated carbocycles. The van der Waals surface area contributed by atoms with E-state index in [0.717, 1.165) is 17.4 Å². The molecule has 0 aliphatic rings. The summed E-state index contributed by atoms with van der Waals surface area (Å²) in [6.45, 7) is 6.55. The minimum Gasteiger partial charge on any atom is -0.493 e. The third kappa shape index (κ3) is 6.45. The average molecular weight is 477 g/mol. The molecule has 0 unspecified atom stereocenters. The monoisotopic (exact) mass is 476 g/mol. The highest BCUT2D eigenvalue weighted by Gasteiger charge is 2.25. The molecule has 0 radical (unpaired) electrons. The number of nitrogens with zero attached hydrogens (tertiary/aromatic N) is 2. The fraction of sp³-hybridized carbons (Fsp3) is 0.286. The summed E-state index contributed by atoms with van der Waals surface area (Å²) in [5, 5.41) is 11.9. The van der Waals surface area contributed by atoms with E-state index in [1.807, 2.05) is 12.1 Å². The van der Waals surface area contributed by atoms with Crippen LogP contribution in [0.1, 0.15) is 26.3 Å². The Morgan fingerprint density at radius 3 is 1.71 bits per heavy atom. The van der Waals surface area contributed by atoms with E-state index in [4.69, 9.17) is 19.3 Å². The normalized spacial score (nSPS) is 12.3.